The molecule has 1 aliphatic heterocycles. The van der Waals surface area contributed by atoms with Gasteiger partial charge in [0.2, 0.25) is 5.91 Å². The molecule has 6 heteroatoms. The van der Waals surface area contributed by atoms with E-state index in [4.69, 9.17) is 0 Å². The van der Waals surface area contributed by atoms with Crippen molar-refractivity contribution in [3.05, 3.63) is 0 Å². The highest BCUT2D eigenvalue weighted by Crippen LogP contribution is 2.23. The molecule has 1 aliphatic rings. The molecule has 6 nitrogen and oxygen atoms in total. The minimum atomic E-state index is -1.03. The van der Waals surface area contributed by atoms with Crippen LogP contribution >= 0.6 is 0 Å². The first-order chi connectivity index (χ1) is 9.64. The van der Waals surface area contributed by atoms with Crippen LogP contribution in [-0.2, 0) is 4.79 Å². The van der Waals surface area contributed by atoms with Gasteiger partial charge >= 0.3 is 6.09 Å². The van der Waals surface area contributed by atoms with Crippen molar-refractivity contribution in [1.82, 2.24) is 15.1 Å². The van der Waals surface area contributed by atoms with Gasteiger partial charge in [0.15, 0.2) is 0 Å². The summed E-state index contributed by atoms with van der Waals surface area (Å²) in [6.07, 6.45) is -0.483. The minimum Gasteiger partial charge on any atom is -0.465 e. The topological polar surface area (TPSA) is 72.9 Å². The first-order valence-electron chi connectivity index (χ1n) is 7.66. The van der Waals surface area contributed by atoms with Gasteiger partial charge in [-0.2, -0.15) is 0 Å². The second-order valence-corrected chi connectivity index (χ2v) is 7.04. The third-order valence-electron chi connectivity index (χ3n) is 3.65. The lowest BCUT2D eigenvalue weighted by molar-refractivity contribution is -0.139. The lowest BCUT2D eigenvalue weighted by Gasteiger charge is -2.42. The molecule has 0 aliphatic carbocycles. The molecule has 21 heavy (non-hydrogen) atoms. The molecule has 0 bridgehead atoms. The number of rotatable bonds is 4. The highest BCUT2D eigenvalue weighted by atomic mass is 16.4. The Labute approximate surface area is 127 Å². The van der Waals surface area contributed by atoms with Crippen LogP contribution in [0.15, 0.2) is 0 Å². The zero-order valence-electron chi connectivity index (χ0n) is 13.8. The highest BCUT2D eigenvalue weighted by Gasteiger charge is 2.39. The van der Waals surface area contributed by atoms with Crippen LogP contribution in [0.1, 0.15) is 41.0 Å². The monoisotopic (exact) mass is 299 g/mol. The van der Waals surface area contributed by atoms with Crippen LogP contribution < -0.4 is 5.32 Å². The molecule has 0 aromatic heterocycles. The van der Waals surface area contributed by atoms with E-state index in [0.717, 1.165) is 13.1 Å². The number of nitrogens with zero attached hydrogens (tertiary/aromatic N) is 2. The van der Waals surface area contributed by atoms with Crippen molar-refractivity contribution in [2.45, 2.75) is 52.6 Å². The zero-order valence-corrected chi connectivity index (χ0v) is 13.8. The minimum absolute atomic E-state index is 0.0671. The molecular weight excluding hydrogens is 270 g/mol. The van der Waals surface area contributed by atoms with Gasteiger partial charge in [-0.25, -0.2) is 4.79 Å². The number of carbonyl (C=O) groups excluding carboxylic acids is 1. The van der Waals surface area contributed by atoms with Crippen LogP contribution in [0, 0.1) is 5.92 Å². The molecule has 2 N–H and O–H groups in total. The molecule has 0 aromatic rings. The van der Waals surface area contributed by atoms with E-state index in [1.54, 1.807) is 4.90 Å². The fraction of sp³-hybridized carbons (Fsp3) is 0.867. The first kappa shape index (κ1) is 17.8. The number of carbonyl (C=O) groups is 2. The van der Waals surface area contributed by atoms with E-state index in [1.165, 1.54) is 4.90 Å². The molecule has 1 saturated heterocycles. The third kappa shape index (κ3) is 4.88. The summed E-state index contributed by atoms with van der Waals surface area (Å²) in [4.78, 5) is 27.6. The number of amides is 2. The van der Waals surface area contributed by atoms with Crippen LogP contribution in [0.3, 0.4) is 0 Å². The maximum Gasteiger partial charge on any atom is 0.408 e. The van der Waals surface area contributed by atoms with E-state index < -0.39 is 17.7 Å². The molecule has 1 unspecified atom stereocenters. The molecule has 1 rings (SSSR count). The Balaban J connectivity index is 3.01. The van der Waals surface area contributed by atoms with Crippen molar-refractivity contribution in [2.24, 2.45) is 5.92 Å². The zero-order chi connectivity index (χ0) is 16.2. The Bertz CT molecular complexity index is 371. The third-order valence-corrected chi connectivity index (χ3v) is 3.65. The van der Waals surface area contributed by atoms with Gasteiger partial charge in [-0.1, -0.05) is 13.8 Å². The average molecular weight is 299 g/mol. The van der Waals surface area contributed by atoms with Crippen LogP contribution in [0.4, 0.5) is 4.79 Å². The van der Waals surface area contributed by atoms with Crippen molar-refractivity contribution in [3.8, 4) is 0 Å². The van der Waals surface area contributed by atoms with Gasteiger partial charge in [0, 0.05) is 31.7 Å². The molecule has 0 spiro atoms. The smallest absolute Gasteiger partial charge is 0.408 e. The lowest BCUT2D eigenvalue weighted by Crippen LogP contribution is -2.59. The van der Waals surface area contributed by atoms with E-state index in [0.29, 0.717) is 19.5 Å². The number of hydrogen-bond donors (Lipinski definition) is 2. The summed E-state index contributed by atoms with van der Waals surface area (Å²) in [5, 5.41) is 12.8. The summed E-state index contributed by atoms with van der Waals surface area (Å²) in [5.74, 6) is 0.189. The Morgan fingerprint density at radius 3 is 2.14 bits per heavy atom. The van der Waals surface area contributed by atoms with Gasteiger partial charge < -0.3 is 15.3 Å². The second-order valence-electron chi connectivity index (χ2n) is 7.04. The van der Waals surface area contributed by atoms with Crippen molar-refractivity contribution in [2.75, 3.05) is 26.2 Å². The van der Waals surface area contributed by atoms with Crippen LogP contribution in [-0.4, -0.2) is 64.7 Å². The van der Waals surface area contributed by atoms with Gasteiger partial charge in [-0.3, -0.25) is 9.69 Å². The maximum atomic E-state index is 12.8. The Hall–Kier alpha value is -1.30. The Morgan fingerprint density at radius 1 is 1.24 bits per heavy atom. The fourth-order valence-corrected chi connectivity index (χ4v) is 2.75. The van der Waals surface area contributed by atoms with E-state index in [1.807, 2.05) is 34.6 Å². The number of carboxylic acid groups (broad SMARTS) is 1. The van der Waals surface area contributed by atoms with E-state index in [2.05, 4.69) is 5.32 Å². The van der Waals surface area contributed by atoms with Crippen LogP contribution in [0.5, 0.6) is 0 Å². The van der Waals surface area contributed by atoms with Gasteiger partial charge in [-0.15, -0.1) is 0 Å². The molecule has 1 atom stereocenters. The predicted octanol–water partition coefficient (Wildman–Crippen LogP) is 1.61. The quantitative estimate of drug-likeness (QED) is 0.827. The summed E-state index contributed by atoms with van der Waals surface area (Å²) in [5.41, 5.74) is -0.602. The number of piperazine rings is 1. The normalized spacial score (nSPS) is 17.7. The summed E-state index contributed by atoms with van der Waals surface area (Å²) in [7, 11) is 0. The van der Waals surface area contributed by atoms with Gasteiger partial charge in [0.1, 0.15) is 6.04 Å². The maximum absolute atomic E-state index is 12.8. The van der Waals surface area contributed by atoms with Crippen molar-refractivity contribution in [1.29, 1.82) is 0 Å². The second kappa shape index (κ2) is 7.11. The predicted molar refractivity (Wildman–Crippen MR) is 82.3 cm³/mol. The standard InChI is InChI=1S/C15H29N3O3/c1-11(2)10-12(18(14(20)21)15(3,4)5)13(19)17-8-6-16-7-9-17/h11-12,16H,6-10H2,1-5H3,(H,20,21). The summed E-state index contributed by atoms with van der Waals surface area (Å²) < 4.78 is 0. The Morgan fingerprint density at radius 2 is 1.76 bits per heavy atom. The molecule has 0 radical (unpaired) electrons. The SMILES string of the molecule is CC(C)CC(C(=O)N1CCNCC1)N(C(=O)O)C(C)(C)C. The van der Waals surface area contributed by atoms with Crippen LogP contribution in [0.2, 0.25) is 0 Å². The van der Waals surface area contributed by atoms with Crippen molar-refractivity contribution in [3.63, 3.8) is 0 Å². The fourth-order valence-electron chi connectivity index (χ4n) is 2.75. The molecule has 1 fully saturated rings. The lowest BCUT2D eigenvalue weighted by atomic mass is 9.96. The molecule has 2 amide bonds. The van der Waals surface area contributed by atoms with E-state index >= 15 is 0 Å². The molecular formula is C15H29N3O3. The van der Waals surface area contributed by atoms with Crippen molar-refractivity contribution < 1.29 is 14.7 Å². The highest BCUT2D eigenvalue weighted by molar-refractivity contribution is 5.85. The Kier molecular flexibility index (Phi) is 6.01. The number of nitrogens with one attached hydrogen (secondary N) is 1. The largest absolute Gasteiger partial charge is 0.465 e. The summed E-state index contributed by atoms with van der Waals surface area (Å²) in [6, 6.07) is -0.611. The molecule has 122 valence electrons. The molecule has 0 aromatic carbocycles. The molecule has 1 heterocycles. The van der Waals surface area contributed by atoms with E-state index in [-0.39, 0.29) is 11.8 Å². The molecule has 0 saturated carbocycles. The van der Waals surface area contributed by atoms with Crippen LogP contribution in [0.25, 0.3) is 0 Å². The van der Waals surface area contributed by atoms with Gasteiger partial charge in [0.05, 0.1) is 0 Å². The summed E-state index contributed by atoms with van der Waals surface area (Å²) in [6.45, 7) is 12.3. The number of hydrogen-bond acceptors (Lipinski definition) is 3. The summed E-state index contributed by atoms with van der Waals surface area (Å²) >= 11 is 0. The average Bonchev–Trinajstić information content (AvgIpc) is 2.35. The van der Waals surface area contributed by atoms with E-state index in [9.17, 15) is 14.7 Å². The van der Waals surface area contributed by atoms with Crippen molar-refractivity contribution >= 4 is 12.0 Å². The van der Waals surface area contributed by atoms with Gasteiger partial charge in [-0.05, 0) is 33.1 Å². The first-order valence-corrected chi connectivity index (χ1v) is 7.66. The van der Waals surface area contributed by atoms with Gasteiger partial charge in [0.25, 0.3) is 0 Å².